The Balaban J connectivity index is 2.17. The van der Waals surface area contributed by atoms with E-state index in [4.69, 9.17) is 0 Å². The van der Waals surface area contributed by atoms with Crippen LogP contribution in [0.4, 0.5) is 0 Å². The highest BCUT2D eigenvalue weighted by Gasteiger charge is 2.45. The van der Waals surface area contributed by atoms with Crippen LogP contribution >= 0.6 is 0 Å². The minimum absolute atomic E-state index is 0.0822. The third-order valence-corrected chi connectivity index (χ3v) is 5.30. The highest BCUT2D eigenvalue weighted by molar-refractivity contribution is 7.90. The van der Waals surface area contributed by atoms with Crippen molar-refractivity contribution in [2.75, 3.05) is 7.05 Å². The maximum atomic E-state index is 11.5. The van der Waals surface area contributed by atoms with Crippen molar-refractivity contribution in [1.29, 1.82) is 0 Å². The van der Waals surface area contributed by atoms with E-state index in [-0.39, 0.29) is 5.25 Å². The van der Waals surface area contributed by atoms with Gasteiger partial charge in [-0.25, -0.2) is 13.1 Å². The summed E-state index contributed by atoms with van der Waals surface area (Å²) in [5.74, 6) is 1.15. The lowest BCUT2D eigenvalue weighted by Crippen LogP contribution is -2.35. The predicted molar refractivity (Wildman–Crippen MR) is 47.2 cm³/mol. The quantitative estimate of drug-likeness (QED) is 0.696. The zero-order chi connectivity index (χ0) is 8.77. The van der Waals surface area contributed by atoms with Gasteiger partial charge in [0, 0.05) is 0 Å². The van der Waals surface area contributed by atoms with Crippen molar-refractivity contribution >= 4 is 10.0 Å². The molecule has 2 fully saturated rings. The SMILES string of the molecule is CNS(=O)(=O)C1CC2CCC1C2. The first kappa shape index (κ1) is 8.51. The Hall–Kier alpha value is -0.0900. The van der Waals surface area contributed by atoms with Gasteiger partial charge in [0.15, 0.2) is 0 Å². The molecule has 0 aliphatic heterocycles. The molecule has 3 unspecified atom stereocenters. The third kappa shape index (κ3) is 1.17. The Morgan fingerprint density at radius 2 is 2.00 bits per heavy atom. The van der Waals surface area contributed by atoms with E-state index in [0.717, 1.165) is 19.3 Å². The van der Waals surface area contributed by atoms with E-state index < -0.39 is 10.0 Å². The number of fused-ring (bicyclic) bond motifs is 2. The number of hydrogen-bond acceptors (Lipinski definition) is 2. The summed E-state index contributed by atoms with van der Waals surface area (Å²) in [5, 5.41) is -0.0822. The van der Waals surface area contributed by atoms with Crippen LogP contribution in [0.15, 0.2) is 0 Å². The molecule has 3 atom stereocenters. The van der Waals surface area contributed by atoms with Crippen molar-refractivity contribution in [2.45, 2.75) is 30.9 Å². The maximum absolute atomic E-state index is 11.5. The zero-order valence-corrected chi connectivity index (χ0v) is 8.10. The minimum atomic E-state index is -2.98. The molecular weight excluding hydrogens is 174 g/mol. The number of rotatable bonds is 2. The smallest absolute Gasteiger partial charge is 0.214 e. The molecule has 70 valence electrons. The summed E-state index contributed by atoms with van der Waals surface area (Å²) in [6, 6.07) is 0. The molecule has 0 aromatic rings. The van der Waals surface area contributed by atoms with Crippen LogP contribution < -0.4 is 4.72 Å². The summed E-state index contributed by atoms with van der Waals surface area (Å²) in [6.45, 7) is 0. The summed E-state index contributed by atoms with van der Waals surface area (Å²) < 4.78 is 25.4. The highest BCUT2D eigenvalue weighted by atomic mass is 32.2. The lowest BCUT2D eigenvalue weighted by atomic mass is 10.0. The van der Waals surface area contributed by atoms with Gasteiger partial charge in [0.2, 0.25) is 10.0 Å². The average molecular weight is 189 g/mol. The lowest BCUT2D eigenvalue weighted by Gasteiger charge is -2.20. The van der Waals surface area contributed by atoms with Crippen molar-refractivity contribution in [2.24, 2.45) is 11.8 Å². The van der Waals surface area contributed by atoms with Gasteiger partial charge < -0.3 is 0 Å². The molecule has 2 rings (SSSR count). The van der Waals surface area contributed by atoms with Gasteiger partial charge in [0.1, 0.15) is 0 Å². The van der Waals surface area contributed by atoms with Gasteiger partial charge >= 0.3 is 0 Å². The molecule has 4 heteroatoms. The monoisotopic (exact) mass is 189 g/mol. The standard InChI is InChI=1S/C8H15NO2S/c1-9-12(10,11)8-5-6-2-3-7(8)4-6/h6-9H,2-5H2,1H3. The largest absolute Gasteiger partial charge is 0.218 e. The minimum Gasteiger partial charge on any atom is -0.218 e. The zero-order valence-electron chi connectivity index (χ0n) is 7.29. The van der Waals surface area contributed by atoms with Crippen molar-refractivity contribution in [3.05, 3.63) is 0 Å². The Labute approximate surface area is 73.6 Å². The normalized spacial score (nSPS) is 40.6. The molecule has 2 aliphatic carbocycles. The van der Waals surface area contributed by atoms with Gasteiger partial charge in [-0.15, -0.1) is 0 Å². The van der Waals surface area contributed by atoms with Crippen LogP contribution in [0.2, 0.25) is 0 Å². The average Bonchev–Trinajstić information content (AvgIpc) is 2.64. The van der Waals surface area contributed by atoms with E-state index in [2.05, 4.69) is 4.72 Å². The van der Waals surface area contributed by atoms with Crippen LogP contribution in [0.5, 0.6) is 0 Å². The second-order valence-corrected chi connectivity index (χ2v) is 6.07. The summed E-state index contributed by atoms with van der Waals surface area (Å²) in [7, 11) is -1.46. The fourth-order valence-corrected chi connectivity index (χ4v) is 4.30. The summed E-state index contributed by atoms with van der Waals surface area (Å²) in [4.78, 5) is 0. The molecule has 0 aromatic carbocycles. The molecule has 0 aromatic heterocycles. The fourth-order valence-electron chi connectivity index (χ4n) is 2.72. The topological polar surface area (TPSA) is 46.2 Å². The van der Waals surface area contributed by atoms with Gasteiger partial charge in [-0.1, -0.05) is 6.42 Å². The Bertz CT molecular complexity index is 273. The summed E-state index contributed by atoms with van der Waals surface area (Å²) >= 11 is 0. The first-order chi connectivity index (χ1) is 5.63. The van der Waals surface area contributed by atoms with E-state index in [1.807, 2.05) is 0 Å². The van der Waals surface area contributed by atoms with Crippen LogP contribution in [-0.4, -0.2) is 20.7 Å². The Morgan fingerprint density at radius 1 is 1.25 bits per heavy atom. The highest BCUT2D eigenvalue weighted by Crippen LogP contribution is 2.46. The van der Waals surface area contributed by atoms with Crippen LogP contribution in [0, 0.1) is 11.8 Å². The van der Waals surface area contributed by atoms with Crippen molar-refractivity contribution < 1.29 is 8.42 Å². The van der Waals surface area contributed by atoms with E-state index in [9.17, 15) is 8.42 Å². The predicted octanol–water partition coefficient (Wildman–Crippen LogP) is 0.724. The van der Waals surface area contributed by atoms with Crippen molar-refractivity contribution in [3.8, 4) is 0 Å². The Morgan fingerprint density at radius 3 is 2.42 bits per heavy atom. The molecule has 3 nitrogen and oxygen atoms in total. The molecule has 0 radical (unpaired) electrons. The van der Waals surface area contributed by atoms with Gasteiger partial charge in [-0.05, 0) is 38.1 Å². The molecule has 1 N–H and O–H groups in total. The Kier molecular flexibility index (Phi) is 1.92. The molecular formula is C8H15NO2S. The molecule has 2 saturated carbocycles. The molecule has 2 bridgehead atoms. The van der Waals surface area contributed by atoms with Crippen LogP contribution in [0.25, 0.3) is 0 Å². The van der Waals surface area contributed by atoms with Gasteiger partial charge in [0.25, 0.3) is 0 Å². The molecule has 0 spiro atoms. The van der Waals surface area contributed by atoms with Gasteiger partial charge in [-0.2, -0.15) is 0 Å². The molecule has 12 heavy (non-hydrogen) atoms. The second-order valence-electron chi connectivity index (χ2n) is 3.96. The molecule has 0 heterocycles. The lowest BCUT2D eigenvalue weighted by molar-refractivity contribution is 0.461. The van der Waals surface area contributed by atoms with Crippen molar-refractivity contribution in [1.82, 2.24) is 4.72 Å². The summed E-state index contributed by atoms with van der Waals surface area (Å²) in [6.07, 6.45) is 4.41. The van der Waals surface area contributed by atoms with E-state index >= 15 is 0 Å². The number of sulfonamides is 1. The first-order valence-corrected chi connectivity index (χ1v) is 6.10. The molecule has 0 saturated heterocycles. The molecule has 2 aliphatic rings. The first-order valence-electron chi connectivity index (χ1n) is 4.56. The molecule has 0 amide bonds. The third-order valence-electron chi connectivity index (χ3n) is 3.36. The van der Waals surface area contributed by atoms with Gasteiger partial charge in [0.05, 0.1) is 5.25 Å². The van der Waals surface area contributed by atoms with Gasteiger partial charge in [-0.3, -0.25) is 0 Å². The number of hydrogen-bond donors (Lipinski definition) is 1. The van der Waals surface area contributed by atoms with Crippen molar-refractivity contribution in [3.63, 3.8) is 0 Å². The van der Waals surface area contributed by atoms with E-state index in [0.29, 0.717) is 11.8 Å². The van der Waals surface area contributed by atoms with E-state index in [1.165, 1.54) is 13.5 Å². The van der Waals surface area contributed by atoms with E-state index in [1.54, 1.807) is 0 Å². The van der Waals surface area contributed by atoms with Crippen LogP contribution in [0.3, 0.4) is 0 Å². The number of nitrogens with one attached hydrogen (secondary N) is 1. The fraction of sp³-hybridized carbons (Fsp3) is 1.00. The summed E-state index contributed by atoms with van der Waals surface area (Å²) in [5.41, 5.74) is 0. The van der Waals surface area contributed by atoms with Crippen LogP contribution in [0.1, 0.15) is 25.7 Å². The second kappa shape index (κ2) is 2.70. The van der Waals surface area contributed by atoms with Crippen LogP contribution in [-0.2, 0) is 10.0 Å². The maximum Gasteiger partial charge on any atom is 0.214 e.